The molecule has 0 radical (unpaired) electrons. The Bertz CT molecular complexity index is 1910. The van der Waals surface area contributed by atoms with Gasteiger partial charge in [-0.15, -0.1) is 0 Å². The molecule has 0 spiro atoms. The van der Waals surface area contributed by atoms with Gasteiger partial charge in [-0.2, -0.15) is 0 Å². The number of amides is 5. The van der Waals surface area contributed by atoms with Crippen LogP contribution in [-0.4, -0.2) is 130 Å². The summed E-state index contributed by atoms with van der Waals surface area (Å²) in [6.07, 6.45) is 1.85. The van der Waals surface area contributed by atoms with Gasteiger partial charge in [-0.25, -0.2) is 4.79 Å². The van der Waals surface area contributed by atoms with Gasteiger partial charge >= 0.3 is 5.97 Å². The minimum Gasteiger partial charge on any atom is -0.460 e. The van der Waals surface area contributed by atoms with Gasteiger partial charge in [-0.05, 0) is 79.4 Å². The van der Waals surface area contributed by atoms with E-state index in [2.05, 4.69) is 5.32 Å². The first-order chi connectivity index (χ1) is 29.7. The van der Waals surface area contributed by atoms with Crippen LogP contribution in [0.25, 0.3) is 11.1 Å². The predicted octanol–water partition coefficient (Wildman–Crippen LogP) is 5.72. The molecule has 13 nitrogen and oxygen atoms in total. The van der Waals surface area contributed by atoms with Crippen molar-refractivity contribution < 1.29 is 38.6 Å². The SMILES string of the molecule is CC[C@H](C)[C@H]1C(=O)N2CCC[C@H]2C(=O)O[C@H](C(C)(C)C)C[C@@H](C)C[C@H](O)[C@@H](C)C(=O)N2CCC(CC2)C(=O)N[C@@H](Cc2ccc(-c3ccccc3)cc2)C(=O)N(C)[C@H](C)C(=O)N1C. The maximum absolute atomic E-state index is 14.6. The number of piperidine rings is 1. The molecule has 2 aromatic rings. The van der Waals surface area contributed by atoms with Gasteiger partial charge in [0.05, 0.1) is 12.0 Å². The maximum Gasteiger partial charge on any atom is 0.329 e. The van der Waals surface area contributed by atoms with Crippen molar-refractivity contribution in [1.29, 1.82) is 0 Å². The number of rotatable bonds is 5. The molecule has 0 saturated carbocycles. The van der Waals surface area contributed by atoms with Gasteiger partial charge in [-0.1, -0.05) is 109 Å². The van der Waals surface area contributed by atoms with Crippen molar-refractivity contribution in [3.05, 3.63) is 60.2 Å². The van der Waals surface area contributed by atoms with Crippen LogP contribution in [-0.2, 0) is 39.9 Å². The Morgan fingerprint density at radius 3 is 2.00 bits per heavy atom. The second-order valence-electron chi connectivity index (χ2n) is 19.7. The van der Waals surface area contributed by atoms with Gasteiger partial charge in [0.1, 0.15) is 30.3 Å². The van der Waals surface area contributed by atoms with E-state index in [1.807, 2.05) is 96.1 Å². The van der Waals surface area contributed by atoms with Crippen molar-refractivity contribution >= 4 is 35.5 Å². The lowest BCUT2D eigenvalue weighted by Crippen LogP contribution is -2.59. The van der Waals surface area contributed by atoms with E-state index in [1.54, 1.807) is 37.7 Å². The summed E-state index contributed by atoms with van der Waals surface area (Å²) in [5.74, 6) is -3.75. The molecule has 4 saturated heterocycles. The van der Waals surface area contributed by atoms with E-state index < -0.39 is 71.4 Å². The standard InChI is InChI=1S/C50H73N5O8/c1-11-32(3)43-48(61)55-25-15-18-40(55)49(62)63-42(50(6,7)8)29-31(2)28-41(56)33(4)45(58)54-26-23-38(24-27-54)44(57)51-39(47(60)52(9)34(5)46(59)53(43)10)30-35-19-21-37(22-20-35)36-16-13-12-14-17-36/h12-14,16-17,19-22,31-34,38-43,56H,11,15,18,23-30H2,1-10H3,(H,51,57)/t31-,32-,33+,34+,39-,40-,41-,42-,43-/m0/s1. The van der Waals surface area contributed by atoms with Crippen molar-refractivity contribution in [2.24, 2.45) is 29.1 Å². The zero-order valence-electron chi connectivity index (χ0n) is 39.3. The van der Waals surface area contributed by atoms with Gasteiger partial charge in [0.25, 0.3) is 0 Å². The summed E-state index contributed by atoms with van der Waals surface area (Å²) < 4.78 is 6.27. The van der Waals surface area contributed by atoms with E-state index in [9.17, 15) is 33.9 Å². The number of nitrogens with zero attached hydrogens (tertiary/aromatic N) is 4. The van der Waals surface area contributed by atoms with Crippen molar-refractivity contribution in [2.45, 2.75) is 143 Å². The van der Waals surface area contributed by atoms with Gasteiger partial charge in [0, 0.05) is 46.1 Å². The van der Waals surface area contributed by atoms with Crippen LogP contribution >= 0.6 is 0 Å². The second kappa shape index (κ2) is 21.3. The lowest BCUT2D eigenvalue weighted by atomic mass is 9.81. The highest BCUT2D eigenvalue weighted by Crippen LogP contribution is 2.33. The fourth-order valence-electron chi connectivity index (χ4n) is 9.37. The average molecular weight is 872 g/mol. The number of carbonyl (C=O) groups is 6. The van der Waals surface area contributed by atoms with Gasteiger partial charge in [0.2, 0.25) is 29.5 Å². The van der Waals surface area contributed by atoms with Crippen LogP contribution in [0, 0.1) is 29.1 Å². The molecule has 4 aliphatic heterocycles. The molecular weight excluding hydrogens is 799 g/mol. The van der Waals surface area contributed by atoms with Crippen LogP contribution in [0.3, 0.4) is 0 Å². The quantitative estimate of drug-likeness (QED) is 0.286. The number of esters is 1. The molecule has 13 heteroatoms. The molecule has 6 rings (SSSR count). The zero-order valence-corrected chi connectivity index (χ0v) is 39.3. The van der Waals surface area contributed by atoms with Crippen molar-refractivity contribution in [2.75, 3.05) is 33.7 Å². The highest BCUT2D eigenvalue weighted by Gasteiger charge is 2.45. The third-order valence-electron chi connectivity index (χ3n) is 14.0. The van der Waals surface area contributed by atoms with Crippen LogP contribution in [0.15, 0.2) is 54.6 Å². The Balaban J connectivity index is 1.47. The largest absolute Gasteiger partial charge is 0.460 e. The van der Waals surface area contributed by atoms with Crippen molar-refractivity contribution in [3.63, 3.8) is 0 Å². The number of aliphatic hydroxyl groups is 1. The lowest BCUT2D eigenvalue weighted by molar-refractivity contribution is -0.166. The van der Waals surface area contributed by atoms with Gasteiger partial charge in [0.15, 0.2) is 0 Å². The number of fused-ring (bicyclic) bond motifs is 19. The summed E-state index contributed by atoms with van der Waals surface area (Å²) in [4.78, 5) is 91.6. The number of aliphatic hydroxyl groups excluding tert-OH is 1. The molecule has 0 aliphatic carbocycles. The smallest absolute Gasteiger partial charge is 0.329 e. The third-order valence-corrected chi connectivity index (χ3v) is 14.0. The summed E-state index contributed by atoms with van der Waals surface area (Å²) >= 11 is 0. The summed E-state index contributed by atoms with van der Waals surface area (Å²) in [6, 6.07) is 14.0. The molecule has 2 aromatic carbocycles. The number of carbonyl (C=O) groups excluding carboxylic acids is 6. The van der Waals surface area contributed by atoms with E-state index in [0.29, 0.717) is 64.6 Å². The summed E-state index contributed by atoms with van der Waals surface area (Å²) in [7, 11) is 3.13. The normalized spacial score (nSPS) is 29.8. The van der Waals surface area contributed by atoms with Crippen molar-refractivity contribution in [3.8, 4) is 11.1 Å². The first-order valence-corrected chi connectivity index (χ1v) is 23.2. The molecule has 4 heterocycles. The van der Waals surface area contributed by atoms with Crippen LogP contribution in [0.2, 0.25) is 0 Å². The Morgan fingerprint density at radius 2 is 1.40 bits per heavy atom. The molecule has 9 atom stereocenters. The Labute approximate surface area is 375 Å². The van der Waals surface area contributed by atoms with E-state index in [1.165, 1.54) is 9.80 Å². The first kappa shape index (κ1) is 49.2. The molecule has 0 unspecified atom stereocenters. The molecule has 4 aliphatic rings. The maximum atomic E-state index is 14.6. The van der Waals surface area contributed by atoms with Gasteiger partial charge < -0.3 is 34.8 Å². The van der Waals surface area contributed by atoms with Gasteiger partial charge in [-0.3, -0.25) is 24.0 Å². The second-order valence-corrected chi connectivity index (χ2v) is 19.7. The Morgan fingerprint density at radius 1 is 0.778 bits per heavy atom. The highest BCUT2D eigenvalue weighted by atomic mass is 16.5. The van der Waals surface area contributed by atoms with E-state index in [0.717, 1.165) is 16.7 Å². The van der Waals surface area contributed by atoms with Crippen LogP contribution < -0.4 is 5.32 Å². The highest BCUT2D eigenvalue weighted by molar-refractivity contribution is 5.95. The average Bonchev–Trinajstić information content (AvgIpc) is 3.77. The number of hydrogen-bond acceptors (Lipinski definition) is 8. The fraction of sp³-hybridized carbons (Fsp3) is 0.640. The van der Waals surface area contributed by atoms with E-state index in [-0.39, 0.29) is 36.0 Å². The lowest BCUT2D eigenvalue weighted by Gasteiger charge is -2.39. The predicted molar refractivity (Wildman–Crippen MR) is 243 cm³/mol. The topological polar surface area (TPSA) is 157 Å². The molecule has 346 valence electrons. The molecule has 2 bridgehead atoms. The number of hydrogen-bond donors (Lipinski definition) is 2. The molecule has 5 amide bonds. The number of nitrogens with one attached hydrogen (secondary N) is 1. The summed E-state index contributed by atoms with van der Waals surface area (Å²) in [5.41, 5.74) is 2.42. The molecular formula is C50H73N5O8. The van der Waals surface area contributed by atoms with Crippen LogP contribution in [0.5, 0.6) is 0 Å². The Kier molecular flexibility index (Phi) is 16.6. The number of ether oxygens (including phenoxy) is 1. The minimum atomic E-state index is -1.02. The fourth-order valence-corrected chi connectivity index (χ4v) is 9.37. The molecule has 4 fully saturated rings. The number of likely N-dealkylation sites (N-methyl/N-ethyl adjacent to an activating group) is 2. The third kappa shape index (κ3) is 11.9. The van der Waals surface area contributed by atoms with Crippen molar-refractivity contribution in [1.82, 2.24) is 24.9 Å². The zero-order chi connectivity index (χ0) is 46.3. The molecule has 0 aromatic heterocycles. The Hall–Kier alpha value is -4.78. The summed E-state index contributed by atoms with van der Waals surface area (Å²) in [5, 5.41) is 14.4. The van der Waals surface area contributed by atoms with E-state index >= 15 is 0 Å². The van der Waals surface area contributed by atoms with Crippen LogP contribution in [0.4, 0.5) is 0 Å². The molecule has 63 heavy (non-hydrogen) atoms. The summed E-state index contributed by atoms with van der Waals surface area (Å²) in [6.45, 7) is 16.2. The first-order valence-electron chi connectivity index (χ1n) is 23.2. The van der Waals surface area contributed by atoms with E-state index in [4.69, 9.17) is 4.74 Å². The van der Waals surface area contributed by atoms with Crippen LogP contribution in [0.1, 0.15) is 106 Å². The number of benzene rings is 2. The minimum absolute atomic E-state index is 0.107. The molecule has 2 N–H and O–H groups in total. The monoisotopic (exact) mass is 872 g/mol.